The molecule has 2 aliphatic rings. The molecular weight excluding hydrogens is 402 g/mol. The zero-order chi connectivity index (χ0) is 21.3. The van der Waals surface area contributed by atoms with Crippen molar-refractivity contribution in [1.82, 2.24) is 19.4 Å². The lowest BCUT2D eigenvalue weighted by molar-refractivity contribution is 0.0690. The number of pyridine rings is 1. The minimum absolute atomic E-state index is 0.0153. The first kappa shape index (κ1) is 20.9. The maximum Gasteiger partial charge on any atom is 0.358 e. The summed E-state index contributed by atoms with van der Waals surface area (Å²) in [5, 5.41) is 9.47. The molecule has 4 heterocycles. The molecule has 8 nitrogen and oxygen atoms in total. The molecule has 2 aromatic heterocycles. The fraction of sp³-hybridized carbons (Fsp3) is 0.524. The molecule has 2 bridgehead atoms. The van der Waals surface area contributed by atoms with Gasteiger partial charge >= 0.3 is 5.97 Å². The monoisotopic (exact) mass is 429 g/mol. The maximum absolute atomic E-state index is 13.2. The zero-order valence-corrected chi connectivity index (χ0v) is 18.1. The number of aromatic nitrogens is 3. The van der Waals surface area contributed by atoms with Crippen LogP contribution in [0.1, 0.15) is 34.1 Å². The molecule has 0 spiro atoms. The smallest absolute Gasteiger partial charge is 0.358 e. The van der Waals surface area contributed by atoms with Crippen LogP contribution in [0.2, 0.25) is 0 Å². The highest BCUT2D eigenvalue weighted by Crippen LogP contribution is 2.37. The molecule has 2 aliphatic heterocycles. The van der Waals surface area contributed by atoms with Gasteiger partial charge in [-0.3, -0.25) is 4.79 Å². The number of thioether (sulfide) groups is 1. The molecular formula is C21H27N5O3S. The van der Waals surface area contributed by atoms with Gasteiger partial charge in [-0.15, -0.1) is 0 Å². The molecule has 2 atom stereocenters. The highest BCUT2D eigenvalue weighted by molar-refractivity contribution is 7.98. The minimum Gasteiger partial charge on any atom is -0.476 e. The molecule has 4 rings (SSSR count). The molecule has 0 aromatic carbocycles. The van der Waals surface area contributed by atoms with Gasteiger partial charge in [0, 0.05) is 68.0 Å². The standard InChI is InChI=1S/C21H27N5O3S/c1-24(7-8-30-2)12-15-3-4-17-16-9-14(11-26(17)20(15)27)10-25(13-16)19-18(21(28)29)22-5-6-23-19/h3-6,14,16H,7-13H2,1-2H3,(H,28,29)/t14-,16+/m0/s1. The topological polar surface area (TPSA) is 91.6 Å². The van der Waals surface area contributed by atoms with Crippen LogP contribution in [0.3, 0.4) is 0 Å². The highest BCUT2D eigenvalue weighted by Gasteiger charge is 2.36. The van der Waals surface area contributed by atoms with Crippen LogP contribution in [0.15, 0.2) is 29.3 Å². The van der Waals surface area contributed by atoms with E-state index in [1.54, 1.807) is 11.8 Å². The van der Waals surface area contributed by atoms with E-state index in [1.165, 1.54) is 12.4 Å². The Morgan fingerprint density at radius 1 is 1.27 bits per heavy atom. The van der Waals surface area contributed by atoms with E-state index in [-0.39, 0.29) is 23.1 Å². The average molecular weight is 430 g/mol. The van der Waals surface area contributed by atoms with Gasteiger partial charge in [0.25, 0.3) is 5.56 Å². The molecule has 160 valence electrons. The minimum atomic E-state index is -1.07. The summed E-state index contributed by atoms with van der Waals surface area (Å²) < 4.78 is 1.95. The second-order valence-corrected chi connectivity index (χ2v) is 9.15. The van der Waals surface area contributed by atoms with Gasteiger partial charge in [-0.25, -0.2) is 14.8 Å². The van der Waals surface area contributed by atoms with Gasteiger partial charge in [0.1, 0.15) is 0 Å². The number of nitrogens with zero attached hydrogens (tertiary/aromatic N) is 5. The Morgan fingerprint density at radius 3 is 2.83 bits per heavy atom. The van der Waals surface area contributed by atoms with E-state index in [0.29, 0.717) is 32.0 Å². The molecule has 1 N–H and O–H groups in total. The van der Waals surface area contributed by atoms with Crippen LogP contribution in [0, 0.1) is 5.92 Å². The predicted octanol–water partition coefficient (Wildman–Crippen LogP) is 1.75. The Bertz CT molecular complexity index is 995. The van der Waals surface area contributed by atoms with E-state index < -0.39 is 5.97 Å². The zero-order valence-electron chi connectivity index (χ0n) is 17.3. The van der Waals surface area contributed by atoms with Crippen molar-refractivity contribution in [2.45, 2.75) is 25.4 Å². The quantitative estimate of drug-likeness (QED) is 0.712. The number of carboxylic acid groups (broad SMARTS) is 1. The van der Waals surface area contributed by atoms with Gasteiger partial charge in [-0.2, -0.15) is 11.8 Å². The second-order valence-electron chi connectivity index (χ2n) is 8.17. The fourth-order valence-electron chi connectivity index (χ4n) is 4.61. The van der Waals surface area contributed by atoms with Crippen LogP contribution in [0.4, 0.5) is 5.82 Å². The summed E-state index contributed by atoms with van der Waals surface area (Å²) in [6, 6.07) is 4.05. The lowest BCUT2D eigenvalue weighted by Crippen LogP contribution is -2.48. The lowest BCUT2D eigenvalue weighted by Gasteiger charge is -2.43. The number of carboxylic acids is 1. The lowest BCUT2D eigenvalue weighted by atomic mass is 9.83. The van der Waals surface area contributed by atoms with Crippen LogP contribution < -0.4 is 10.5 Å². The maximum atomic E-state index is 13.2. The van der Waals surface area contributed by atoms with Crippen molar-refractivity contribution in [3.05, 3.63) is 51.8 Å². The summed E-state index contributed by atoms with van der Waals surface area (Å²) in [6.07, 6.45) is 6.03. The SMILES string of the molecule is CSCCN(C)Cc1ccc2n(c1=O)C[C@H]1C[C@@H]2CN(c2nccnc2C(=O)O)C1. The predicted molar refractivity (Wildman–Crippen MR) is 117 cm³/mol. The number of anilines is 1. The number of rotatable bonds is 7. The van der Waals surface area contributed by atoms with E-state index >= 15 is 0 Å². The average Bonchev–Trinajstić information content (AvgIpc) is 2.74. The van der Waals surface area contributed by atoms with Gasteiger partial charge in [0.2, 0.25) is 0 Å². The second kappa shape index (κ2) is 8.77. The fourth-order valence-corrected chi connectivity index (χ4v) is 5.11. The van der Waals surface area contributed by atoms with Crippen LogP contribution >= 0.6 is 11.8 Å². The Balaban J connectivity index is 1.58. The first-order chi connectivity index (χ1) is 14.5. The van der Waals surface area contributed by atoms with Crippen molar-refractivity contribution < 1.29 is 9.90 Å². The van der Waals surface area contributed by atoms with E-state index in [0.717, 1.165) is 30.0 Å². The van der Waals surface area contributed by atoms with Crippen molar-refractivity contribution in [3.63, 3.8) is 0 Å². The van der Waals surface area contributed by atoms with Gasteiger partial charge < -0.3 is 19.5 Å². The van der Waals surface area contributed by atoms with Crippen molar-refractivity contribution >= 4 is 23.5 Å². The van der Waals surface area contributed by atoms with Crippen molar-refractivity contribution in [2.75, 3.05) is 43.6 Å². The molecule has 2 aromatic rings. The Morgan fingerprint density at radius 2 is 2.07 bits per heavy atom. The van der Waals surface area contributed by atoms with Crippen LogP contribution in [0.25, 0.3) is 0 Å². The van der Waals surface area contributed by atoms with Crippen molar-refractivity contribution in [2.24, 2.45) is 5.92 Å². The van der Waals surface area contributed by atoms with E-state index in [9.17, 15) is 14.7 Å². The summed E-state index contributed by atoms with van der Waals surface area (Å²) in [5.41, 5.74) is 1.97. The van der Waals surface area contributed by atoms with E-state index in [2.05, 4.69) is 27.2 Å². The molecule has 0 aliphatic carbocycles. The number of fused-ring (bicyclic) bond motifs is 4. The Labute approximate surface area is 179 Å². The van der Waals surface area contributed by atoms with E-state index in [1.807, 2.05) is 22.6 Å². The van der Waals surface area contributed by atoms with Gasteiger partial charge in [-0.1, -0.05) is 6.07 Å². The van der Waals surface area contributed by atoms with Crippen LogP contribution in [-0.2, 0) is 13.1 Å². The third-order valence-corrected chi connectivity index (χ3v) is 6.57. The Kier molecular flexibility index (Phi) is 6.10. The summed E-state index contributed by atoms with van der Waals surface area (Å²) in [4.78, 5) is 37.2. The summed E-state index contributed by atoms with van der Waals surface area (Å²) in [7, 11) is 2.05. The summed E-state index contributed by atoms with van der Waals surface area (Å²) in [6.45, 7) is 3.59. The largest absolute Gasteiger partial charge is 0.476 e. The number of carbonyl (C=O) groups is 1. The molecule has 9 heteroatoms. The van der Waals surface area contributed by atoms with Crippen molar-refractivity contribution in [1.29, 1.82) is 0 Å². The Hall–Kier alpha value is -2.39. The summed E-state index contributed by atoms with van der Waals surface area (Å²) in [5.74, 6) is 0.853. The number of hydrogen-bond donors (Lipinski definition) is 1. The molecule has 0 radical (unpaired) electrons. The normalized spacial score (nSPS) is 20.3. The van der Waals surface area contributed by atoms with Crippen LogP contribution in [-0.4, -0.2) is 69.2 Å². The first-order valence-corrected chi connectivity index (χ1v) is 11.6. The first-order valence-electron chi connectivity index (χ1n) is 10.2. The third kappa shape index (κ3) is 4.09. The van der Waals surface area contributed by atoms with Gasteiger partial charge in [0.05, 0.1) is 0 Å². The van der Waals surface area contributed by atoms with E-state index in [4.69, 9.17) is 0 Å². The molecule has 0 amide bonds. The number of piperidine rings is 1. The third-order valence-electron chi connectivity index (χ3n) is 5.98. The molecule has 1 fully saturated rings. The molecule has 0 saturated carbocycles. The molecule has 1 saturated heterocycles. The number of hydrogen-bond acceptors (Lipinski definition) is 7. The molecule has 0 unspecified atom stereocenters. The highest BCUT2D eigenvalue weighted by atomic mass is 32.2. The van der Waals surface area contributed by atoms with Crippen molar-refractivity contribution in [3.8, 4) is 0 Å². The molecule has 30 heavy (non-hydrogen) atoms. The summed E-state index contributed by atoms with van der Waals surface area (Å²) >= 11 is 1.80. The van der Waals surface area contributed by atoms with Crippen LogP contribution in [0.5, 0.6) is 0 Å². The van der Waals surface area contributed by atoms with Gasteiger partial charge in [0.15, 0.2) is 11.5 Å². The number of aromatic carboxylic acids is 1. The van der Waals surface area contributed by atoms with Gasteiger partial charge in [-0.05, 0) is 31.7 Å².